The first-order chi connectivity index (χ1) is 9.74. The quantitative estimate of drug-likeness (QED) is 0.880. The first kappa shape index (κ1) is 13.1. The Morgan fingerprint density at radius 3 is 2.60 bits per heavy atom. The molecule has 3 heteroatoms. The maximum absolute atomic E-state index is 12.3. The molecule has 1 fully saturated rings. The van der Waals surface area contributed by atoms with Crippen molar-refractivity contribution in [2.75, 3.05) is 0 Å². The monoisotopic (exact) mass is 269 g/mol. The van der Waals surface area contributed by atoms with Crippen molar-refractivity contribution >= 4 is 16.7 Å². The zero-order chi connectivity index (χ0) is 13.9. The largest absolute Gasteiger partial charge is 0.391 e. The summed E-state index contributed by atoms with van der Waals surface area (Å²) in [6.07, 6.45) is 3.35. The van der Waals surface area contributed by atoms with E-state index < -0.39 is 6.10 Å². The molecule has 20 heavy (non-hydrogen) atoms. The molecule has 0 spiro atoms. The van der Waals surface area contributed by atoms with Crippen LogP contribution in [-0.4, -0.2) is 23.2 Å². The SMILES string of the molecule is O=C(NC1CCCCC1O)c1ccc2ccccc2c1. The van der Waals surface area contributed by atoms with E-state index in [2.05, 4.69) is 5.32 Å². The minimum absolute atomic E-state index is 0.0956. The number of aliphatic hydroxyl groups excluding tert-OH is 1. The Balaban J connectivity index is 1.78. The number of hydrogen-bond donors (Lipinski definition) is 2. The highest BCUT2D eigenvalue weighted by Gasteiger charge is 2.24. The third-order valence-corrected chi connectivity index (χ3v) is 4.06. The van der Waals surface area contributed by atoms with Crippen molar-refractivity contribution in [3.8, 4) is 0 Å². The minimum Gasteiger partial charge on any atom is -0.391 e. The van der Waals surface area contributed by atoms with Crippen molar-refractivity contribution in [1.82, 2.24) is 5.32 Å². The van der Waals surface area contributed by atoms with Crippen LogP contribution in [0.5, 0.6) is 0 Å². The van der Waals surface area contributed by atoms with E-state index in [0.717, 1.165) is 36.5 Å². The fourth-order valence-electron chi connectivity index (χ4n) is 2.86. The molecule has 1 aliphatic rings. The Morgan fingerprint density at radius 1 is 1.05 bits per heavy atom. The maximum Gasteiger partial charge on any atom is 0.251 e. The van der Waals surface area contributed by atoms with E-state index in [1.807, 2.05) is 42.5 Å². The molecule has 0 bridgehead atoms. The zero-order valence-electron chi connectivity index (χ0n) is 11.4. The molecule has 2 atom stereocenters. The van der Waals surface area contributed by atoms with E-state index in [4.69, 9.17) is 0 Å². The first-order valence-electron chi connectivity index (χ1n) is 7.22. The lowest BCUT2D eigenvalue weighted by Crippen LogP contribution is -2.45. The fraction of sp³-hybridized carbons (Fsp3) is 0.353. The second kappa shape index (κ2) is 5.63. The zero-order valence-corrected chi connectivity index (χ0v) is 11.4. The number of rotatable bonds is 2. The van der Waals surface area contributed by atoms with Gasteiger partial charge in [0.1, 0.15) is 0 Å². The Morgan fingerprint density at radius 2 is 1.80 bits per heavy atom. The van der Waals surface area contributed by atoms with Crippen molar-refractivity contribution in [1.29, 1.82) is 0 Å². The molecule has 1 aliphatic carbocycles. The summed E-state index contributed by atoms with van der Waals surface area (Å²) in [6, 6.07) is 13.6. The number of hydrogen-bond acceptors (Lipinski definition) is 2. The summed E-state index contributed by atoms with van der Waals surface area (Å²) in [7, 11) is 0. The average molecular weight is 269 g/mol. The molecule has 2 N–H and O–H groups in total. The average Bonchev–Trinajstić information content (AvgIpc) is 2.49. The van der Waals surface area contributed by atoms with Gasteiger partial charge in [0.05, 0.1) is 12.1 Å². The summed E-state index contributed by atoms with van der Waals surface area (Å²) in [4.78, 5) is 12.3. The van der Waals surface area contributed by atoms with Gasteiger partial charge in [0.2, 0.25) is 0 Å². The molecule has 2 aromatic carbocycles. The number of carbonyl (C=O) groups excluding carboxylic acids is 1. The molecule has 0 saturated heterocycles. The van der Waals surface area contributed by atoms with Gasteiger partial charge in [-0.1, -0.05) is 43.2 Å². The van der Waals surface area contributed by atoms with Crippen LogP contribution in [0, 0.1) is 0 Å². The third kappa shape index (κ3) is 2.68. The number of carbonyl (C=O) groups is 1. The predicted molar refractivity (Wildman–Crippen MR) is 79.7 cm³/mol. The second-order valence-corrected chi connectivity index (χ2v) is 5.49. The second-order valence-electron chi connectivity index (χ2n) is 5.49. The fourth-order valence-corrected chi connectivity index (χ4v) is 2.86. The van der Waals surface area contributed by atoms with Gasteiger partial charge in [-0.3, -0.25) is 4.79 Å². The summed E-state index contributed by atoms with van der Waals surface area (Å²) in [6.45, 7) is 0. The Hall–Kier alpha value is -1.87. The Bertz CT molecular complexity index is 623. The lowest BCUT2D eigenvalue weighted by atomic mass is 9.92. The lowest BCUT2D eigenvalue weighted by Gasteiger charge is -2.28. The van der Waals surface area contributed by atoms with Crippen LogP contribution in [0.25, 0.3) is 10.8 Å². The van der Waals surface area contributed by atoms with Crippen LogP contribution in [0.2, 0.25) is 0 Å². The van der Waals surface area contributed by atoms with Crippen molar-refractivity contribution in [3.05, 3.63) is 48.0 Å². The molecule has 2 unspecified atom stereocenters. The van der Waals surface area contributed by atoms with Crippen molar-refractivity contribution in [3.63, 3.8) is 0 Å². The van der Waals surface area contributed by atoms with Crippen molar-refractivity contribution in [2.24, 2.45) is 0 Å². The van der Waals surface area contributed by atoms with Gasteiger partial charge in [-0.2, -0.15) is 0 Å². The van der Waals surface area contributed by atoms with Crippen LogP contribution in [0.15, 0.2) is 42.5 Å². The maximum atomic E-state index is 12.3. The molecule has 0 radical (unpaired) electrons. The van der Waals surface area contributed by atoms with Gasteiger partial charge < -0.3 is 10.4 Å². The van der Waals surface area contributed by atoms with Crippen molar-refractivity contribution in [2.45, 2.75) is 37.8 Å². The van der Waals surface area contributed by atoms with Crippen LogP contribution in [0.3, 0.4) is 0 Å². The minimum atomic E-state index is -0.409. The predicted octanol–water partition coefficient (Wildman–Crippen LogP) is 2.87. The molecule has 1 saturated carbocycles. The van der Waals surface area contributed by atoms with E-state index in [1.165, 1.54) is 0 Å². The summed E-state index contributed by atoms with van der Waals surface area (Å²) in [5.74, 6) is -0.0956. The summed E-state index contributed by atoms with van der Waals surface area (Å²) < 4.78 is 0. The van der Waals surface area contributed by atoms with Gasteiger partial charge >= 0.3 is 0 Å². The highest BCUT2D eigenvalue weighted by atomic mass is 16.3. The molecule has 104 valence electrons. The van der Waals surface area contributed by atoms with E-state index in [1.54, 1.807) is 0 Å². The molecule has 0 aliphatic heterocycles. The topological polar surface area (TPSA) is 49.3 Å². The van der Waals surface area contributed by atoms with Crippen LogP contribution in [0.1, 0.15) is 36.0 Å². The van der Waals surface area contributed by atoms with E-state index in [9.17, 15) is 9.90 Å². The smallest absolute Gasteiger partial charge is 0.251 e. The van der Waals surface area contributed by atoms with Gasteiger partial charge in [-0.05, 0) is 35.7 Å². The Kier molecular flexibility index (Phi) is 3.70. The normalized spacial score (nSPS) is 22.6. The van der Waals surface area contributed by atoms with Gasteiger partial charge in [-0.15, -0.1) is 0 Å². The van der Waals surface area contributed by atoms with Gasteiger partial charge in [-0.25, -0.2) is 0 Å². The summed E-state index contributed by atoms with van der Waals surface area (Å²) in [5, 5.41) is 15.1. The molecule has 3 rings (SSSR count). The van der Waals surface area contributed by atoms with E-state index >= 15 is 0 Å². The molecular formula is C17H19NO2. The lowest BCUT2D eigenvalue weighted by molar-refractivity contribution is 0.0717. The Labute approximate surface area is 118 Å². The van der Waals surface area contributed by atoms with Gasteiger partial charge in [0.25, 0.3) is 5.91 Å². The van der Waals surface area contributed by atoms with Gasteiger partial charge in [0, 0.05) is 5.56 Å². The van der Waals surface area contributed by atoms with Crippen LogP contribution < -0.4 is 5.32 Å². The first-order valence-corrected chi connectivity index (χ1v) is 7.22. The number of benzene rings is 2. The highest BCUT2D eigenvalue weighted by Crippen LogP contribution is 2.20. The third-order valence-electron chi connectivity index (χ3n) is 4.06. The molecule has 0 heterocycles. The standard InChI is InChI=1S/C17H19NO2/c19-16-8-4-3-7-15(16)18-17(20)14-10-9-12-5-1-2-6-13(12)11-14/h1-2,5-6,9-11,15-16,19H,3-4,7-8H2,(H,18,20). The molecular weight excluding hydrogens is 250 g/mol. The number of fused-ring (bicyclic) bond motifs is 1. The van der Waals surface area contributed by atoms with E-state index in [0.29, 0.717) is 5.56 Å². The van der Waals surface area contributed by atoms with Crippen LogP contribution in [-0.2, 0) is 0 Å². The van der Waals surface area contributed by atoms with Crippen LogP contribution in [0.4, 0.5) is 0 Å². The molecule has 3 nitrogen and oxygen atoms in total. The number of nitrogens with one attached hydrogen (secondary N) is 1. The summed E-state index contributed by atoms with van der Waals surface area (Å²) >= 11 is 0. The van der Waals surface area contributed by atoms with Crippen molar-refractivity contribution < 1.29 is 9.90 Å². The molecule has 0 aromatic heterocycles. The molecule has 1 amide bonds. The van der Waals surface area contributed by atoms with Crippen LogP contribution >= 0.6 is 0 Å². The summed E-state index contributed by atoms with van der Waals surface area (Å²) in [5.41, 5.74) is 0.654. The van der Waals surface area contributed by atoms with E-state index in [-0.39, 0.29) is 11.9 Å². The number of aliphatic hydroxyl groups is 1. The number of amides is 1. The molecule has 2 aromatic rings. The highest BCUT2D eigenvalue weighted by molar-refractivity contribution is 5.98. The van der Waals surface area contributed by atoms with Gasteiger partial charge in [0.15, 0.2) is 0 Å².